The molecule has 0 saturated carbocycles. The fraction of sp³-hybridized carbons (Fsp3) is 0.286. The summed E-state index contributed by atoms with van der Waals surface area (Å²) in [7, 11) is 1.55. The van der Waals surface area contributed by atoms with E-state index in [2.05, 4.69) is 15.6 Å². The van der Waals surface area contributed by atoms with Crippen LogP contribution in [0.4, 0.5) is 0 Å². The van der Waals surface area contributed by atoms with Gasteiger partial charge in [-0.2, -0.15) is 0 Å². The maximum Gasteiger partial charge on any atom is 0.258 e. The number of nitrogens with one attached hydrogen (secondary N) is 2. The molecular weight excluding hydrogens is 502 g/mol. The van der Waals surface area contributed by atoms with Gasteiger partial charge in [0.05, 0.1) is 17.8 Å². The summed E-state index contributed by atoms with van der Waals surface area (Å²) in [5, 5.41) is 6.98. The molecule has 0 radical (unpaired) electrons. The van der Waals surface area contributed by atoms with Gasteiger partial charge in [-0.25, -0.2) is 9.97 Å². The van der Waals surface area contributed by atoms with Crippen LogP contribution in [-0.4, -0.2) is 46.6 Å². The second-order valence-corrected chi connectivity index (χ2v) is 10.4. The molecule has 4 aromatic rings. The molecule has 194 valence electrons. The van der Waals surface area contributed by atoms with Gasteiger partial charge in [0.1, 0.15) is 5.82 Å². The summed E-state index contributed by atoms with van der Waals surface area (Å²) in [5.74, 6) is 1.20. The summed E-state index contributed by atoms with van der Waals surface area (Å²) < 4.78 is 13.1. The van der Waals surface area contributed by atoms with Crippen molar-refractivity contribution in [2.45, 2.75) is 32.2 Å². The number of carbonyl (C=O) groups is 2. The number of amides is 2. The first-order valence-electron chi connectivity index (χ1n) is 12.6. The van der Waals surface area contributed by atoms with Crippen LogP contribution in [0.2, 0.25) is 0 Å². The van der Waals surface area contributed by atoms with Crippen LogP contribution in [0.25, 0.3) is 17.1 Å². The molecule has 0 atom stereocenters. The Morgan fingerprint density at radius 3 is 3.03 bits per heavy atom. The van der Waals surface area contributed by atoms with Crippen molar-refractivity contribution in [3.63, 3.8) is 0 Å². The largest absolute Gasteiger partial charge is 0.493 e. The average Bonchev–Trinajstić information content (AvgIpc) is 3.67. The molecule has 2 aromatic heterocycles. The second-order valence-electron chi connectivity index (χ2n) is 9.28. The molecule has 10 heteroatoms. The van der Waals surface area contributed by atoms with E-state index in [0.717, 1.165) is 34.7 Å². The lowest BCUT2D eigenvalue weighted by Crippen LogP contribution is -2.29. The summed E-state index contributed by atoms with van der Waals surface area (Å²) in [5.41, 5.74) is 4.08. The van der Waals surface area contributed by atoms with Crippen molar-refractivity contribution in [2.75, 3.05) is 20.3 Å². The number of benzene rings is 2. The molecule has 2 N–H and O–H groups in total. The van der Waals surface area contributed by atoms with E-state index >= 15 is 0 Å². The van der Waals surface area contributed by atoms with E-state index in [0.29, 0.717) is 35.9 Å². The molecule has 1 aliphatic carbocycles. The molecule has 9 nitrogen and oxygen atoms in total. The molecular formula is C28H27N5O4S. The van der Waals surface area contributed by atoms with Gasteiger partial charge in [0.2, 0.25) is 0 Å². The van der Waals surface area contributed by atoms with Crippen LogP contribution in [0.1, 0.15) is 37.9 Å². The van der Waals surface area contributed by atoms with Gasteiger partial charge in [0.25, 0.3) is 11.8 Å². The first kappa shape index (κ1) is 24.2. The van der Waals surface area contributed by atoms with Crippen molar-refractivity contribution in [2.24, 2.45) is 0 Å². The minimum atomic E-state index is -0.277. The molecule has 2 aromatic carbocycles. The highest BCUT2D eigenvalue weighted by Crippen LogP contribution is 2.33. The number of hydrogen-bond acceptors (Lipinski definition) is 7. The third kappa shape index (κ3) is 4.87. The van der Waals surface area contributed by atoms with Gasteiger partial charge in [0, 0.05) is 53.6 Å². The third-order valence-corrected chi connectivity index (χ3v) is 7.91. The Bertz CT molecular complexity index is 1500. The standard InChI is InChI=1S/C28H27N5O4S/c1-36-22-6-5-18-14-23(22)37-16-25(34)31-15-17-11-19(13-20(12-17)33-10-9-29-27(18)33)28(35)30-8-7-26-32-21-3-2-4-24(21)38-26/h5-6,9-14H,2-4,7-8,15-16H2,1H3,(H,30,35)(H,31,34). The zero-order valence-electron chi connectivity index (χ0n) is 21.0. The fourth-order valence-electron chi connectivity index (χ4n) is 4.83. The van der Waals surface area contributed by atoms with Gasteiger partial charge in [-0.05, 0) is 61.2 Å². The summed E-state index contributed by atoms with van der Waals surface area (Å²) in [6.45, 7) is 0.588. The summed E-state index contributed by atoms with van der Waals surface area (Å²) in [4.78, 5) is 36.4. The number of aromatic nitrogens is 3. The Kier molecular flexibility index (Phi) is 6.55. The lowest BCUT2D eigenvalue weighted by atomic mass is 10.1. The Hall–Kier alpha value is -4.18. The van der Waals surface area contributed by atoms with Crippen molar-refractivity contribution in [3.05, 3.63) is 75.5 Å². The number of hydrogen-bond donors (Lipinski definition) is 2. The predicted molar refractivity (Wildman–Crippen MR) is 143 cm³/mol. The van der Waals surface area contributed by atoms with Crippen LogP contribution in [0.5, 0.6) is 11.5 Å². The molecule has 1 aliphatic heterocycles. The molecule has 2 amide bonds. The topological polar surface area (TPSA) is 107 Å². The lowest BCUT2D eigenvalue weighted by molar-refractivity contribution is -0.123. The van der Waals surface area contributed by atoms with Crippen LogP contribution in [0.3, 0.4) is 0 Å². The van der Waals surface area contributed by atoms with Gasteiger partial charge in [-0.15, -0.1) is 11.3 Å². The number of nitrogens with zero attached hydrogens (tertiary/aromatic N) is 3. The molecule has 6 rings (SSSR count). The van der Waals surface area contributed by atoms with Crippen LogP contribution in [0, 0.1) is 0 Å². The predicted octanol–water partition coefficient (Wildman–Crippen LogP) is 3.47. The van der Waals surface area contributed by atoms with E-state index < -0.39 is 0 Å². The molecule has 38 heavy (non-hydrogen) atoms. The van der Waals surface area contributed by atoms with Gasteiger partial charge < -0.3 is 20.1 Å². The zero-order chi connectivity index (χ0) is 26.1. The molecule has 2 aliphatic rings. The molecule has 4 bridgehead atoms. The Balaban J connectivity index is 1.29. The minimum Gasteiger partial charge on any atom is -0.493 e. The van der Waals surface area contributed by atoms with E-state index in [-0.39, 0.29) is 25.0 Å². The molecule has 3 heterocycles. The van der Waals surface area contributed by atoms with Crippen molar-refractivity contribution in [3.8, 4) is 28.6 Å². The maximum absolute atomic E-state index is 13.2. The summed E-state index contributed by atoms with van der Waals surface area (Å²) in [6, 6.07) is 11.1. The fourth-order valence-corrected chi connectivity index (χ4v) is 5.99. The quantitative estimate of drug-likeness (QED) is 0.410. The highest BCUT2D eigenvalue weighted by Gasteiger charge is 2.19. The number of imidazole rings is 1. The minimum absolute atomic E-state index is 0.165. The average molecular weight is 530 g/mol. The van der Waals surface area contributed by atoms with E-state index in [4.69, 9.17) is 14.5 Å². The molecule has 0 saturated heterocycles. The zero-order valence-corrected chi connectivity index (χ0v) is 21.8. The van der Waals surface area contributed by atoms with Crippen molar-refractivity contribution in [1.82, 2.24) is 25.2 Å². The monoisotopic (exact) mass is 529 g/mol. The molecule has 0 unspecified atom stereocenters. The van der Waals surface area contributed by atoms with Gasteiger partial charge in [0.15, 0.2) is 18.1 Å². The van der Waals surface area contributed by atoms with Gasteiger partial charge in [-0.1, -0.05) is 0 Å². The van der Waals surface area contributed by atoms with E-state index in [1.807, 2.05) is 29.0 Å². The second kappa shape index (κ2) is 10.3. The summed E-state index contributed by atoms with van der Waals surface area (Å²) in [6.07, 6.45) is 7.63. The molecule has 0 fully saturated rings. The van der Waals surface area contributed by atoms with Crippen LogP contribution < -0.4 is 20.1 Å². The van der Waals surface area contributed by atoms with Crippen LogP contribution >= 0.6 is 11.3 Å². The third-order valence-electron chi connectivity index (χ3n) is 6.69. The number of methoxy groups -OCH3 is 1. The highest BCUT2D eigenvalue weighted by molar-refractivity contribution is 7.11. The number of fused-ring (bicyclic) bond motifs is 8. The first-order valence-corrected chi connectivity index (χ1v) is 13.4. The number of carbonyl (C=O) groups excluding carboxylic acids is 2. The number of thiazole rings is 1. The summed E-state index contributed by atoms with van der Waals surface area (Å²) >= 11 is 1.76. The number of rotatable bonds is 5. The first-order chi connectivity index (χ1) is 18.6. The SMILES string of the molecule is COc1ccc2cc1OCC(=O)NCc1cc(C(=O)NCCc3nc4c(s3)CCC4)cc(c1)-n1ccnc1-2. The Labute approximate surface area is 223 Å². The van der Waals surface area contributed by atoms with Crippen molar-refractivity contribution < 1.29 is 19.1 Å². The van der Waals surface area contributed by atoms with Crippen LogP contribution in [0.15, 0.2) is 48.8 Å². The van der Waals surface area contributed by atoms with Crippen LogP contribution in [-0.2, 0) is 30.6 Å². The molecule has 0 spiro atoms. The van der Waals surface area contributed by atoms with Gasteiger partial charge >= 0.3 is 0 Å². The Morgan fingerprint density at radius 1 is 1.24 bits per heavy atom. The number of aryl methyl sites for hydroxylation is 2. The normalized spacial score (nSPS) is 14.2. The van der Waals surface area contributed by atoms with E-state index in [1.54, 1.807) is 42.8 Å². The lowest BCUT2D eigenvalue weighted by Gasteiger charge is -2.14. The Morgan fingerprint density at radius 2 is 2.16 bits per heavy atom. The maximum atomic E-state index is 13.2. The van der Waals surface area contributed by atoms with Crippen molar-refractivity contribution in [1.29, 1.82) is 0 Å². The van der Waals surface area contributed by atoms with E-state index in [1.165, 1.54) is 17.0 Å². The van der Waals surface area contributed by atoms with E-state index in [9.17, 15) is 9.59 Å². The van der Waals surface area contributed by atoms with Gasteiger partial charge in [-0.3, -0.25) is 14.2 Å². The number of ether oxygens (including phenoxy) is 2. The van der Waals surface area contributed by atoms with Crippen molar-refractivity contribution >= 4 is 23.2 Å². The highest BCUT2D eigenvalue weighted by atomic mass is 32.1. The smallest absolute Gasteiger partial charge is 0.258 e.